The highest BCUT2D eigenvalue weighted by Gasteiger charge is 2.24. The molecule has 8 heteroatoms. The summed E-state index contributed by atoms with van der Waals surface area (Å²) in [5, 5.41) is 11.6. The third-order valence-electron chi connectivity index (χ3n) is 3.23. The molecule has 0 aliphatic carbocycles. The van der Waals surface area contributed by atoms with Gasteiger partial charge in [-0.15, -0.1) is 11.3 Å². The van der Waals surface area contributed by atoms with Crippen LogP contribution in [-0.2, 0) is 4.79 Å². The highest BCUT2D eigenvalue weighted by molar-refractivity contribution is 7.13. The van der Waals surface area contributed by atoms with E-state index >= 15 is 0 Å². The Kier molecular flexibility index (Phi) is 4.78. The van der Waals surface area contributed by atoms with Crippen molar-refractivity contribution < 1.29 is 14.7 Å². The molecule has 0 saturated carbocycles. The summed E-state index contributed by atoms with van der Waals surface area (Å²) in [6.07, 6.45) is 1.75. The second-order valence-electron chi connectivity index (χ2n) is 4.64. The quantitative estimate of drug-likeness (QED) is 0.889. The van der Waals surface area contributed by atoms with Crippen molar-refractivity contribution in [1.29, 1.82) is 0 Å². The van der Waals surface area contributed by atoms with Gasteiger partial charge in [0, 0.05) is 51.3 Å². The minimum Gasteiger partial charge on any atom is -0.481 e. The molecule has 0 unspecified atom stereocenters. The molecular weight excluding hydrogens is 280 g/mol. The lowest BCUT2D eigenvalue weighted by atomic mass is 10.3. The maximum atomic E-state index is 12.1. The van der Waals surface area contributed by atoms with E-state index in [1.165, 1.54) is 4.90 Å². The molecular formula is C12H18N4O3S. The Labute approximate surface area is 121 Å². The van der Waals surface area contributed by atoms with Gasteiger partial charge in [-0.1, -0.05) is 0 Å². The summed E-state index contributed by atoms with van der Waals surface area (Å²) in [5.74, 6) is -0.891. The van der Waals surface area contributed by atoms with Crippen LogP contribution < -0.4 is 4.90 Å². The first-order chi connectivity index (χ1) is 9.58. The lowest BCUT2D eigenvalue weighted by Gasteiger charge is -2.36. The van der Waals surface area contributed by atoms with Crippen molar-refractivity contribution in [2.24, 2.45) is 0 Å². The van der Waals surface area contributed by atoms with Crippen molar-refractivity contribution in [3.8, 4) is 0 Å². The summed E-state index contributed by atoms with van der Waals surface area (Å²) in [4.78, 5) is 32.3. The van der Waals surface area contributed by atoms with Gasteiger partial charge in [-0.2, -0.15) is 0 Å². The number of carbonyl (C=O) groups is 2. The number of thiazole rings is 1. The zero-order valence-corrected chi connectivity index (χ0v) is 12.2. The van der Waals surface area contributed by atoms with Crippen molar-refractivity contribution in [2.45, 2.75) is 6.42 Å². The van der Waals surface area contributed by atoms with Gasteiger partial charge >= 0.3 is 12.0 Å². The van der Waals surface area contributed by atoms with Crippen molar-refractivity contribution in [2.75, 3.05) is 44.7 Å². The highest BCUT2D eigenvalue weighted by atomic mass is 32.1. The van der Waals surface area contributed by atoms with Gasteiger partial charge in [0.2, 0.25) is 0 Å². The fraction of sp³-hybridized carbons (Fsp3) is 0.583. The molecule has 1 aliphatic heterocycles. The zero-order valence-electron chi connectivity index (χ0n) is 11.4. The van der Waals surface area contributed by atoms with Gasteiger partial charge in [0.15, 0.2) is 5.13 Å². The van der Waals surface area contributed by atoms with E-state index in [-0.39, 0.29) is 19.0 Å². The van der Waals surface area contributed by atoms with Gasteiger partial charge in [0.25, 0.3) is 0 Å². The Morgan fingerprint density at radius 2 is 2.10 bits per heavy atom. The normalized spacial score (nSPS) is 15.2. The number of carboxylic acid groups (broad SMARTS) is 1. The first kappa shape index (κ1) is 14.6. The van der Waals surface area contributed by atoms with Crippen LogP contribution in [0.1, 0.15) is 6.42 Å². The predicted molar refractivity (Wildman–Crippen MR) is 76.2 cm³/mol. The Hall–Kier alpha value is -1.83. The fourth-order valence-corrected chi connectivity index (χ4v) is 2.76. The lowest BCUT2D eigenvalue weighted by molar-refractivity contribution is -0.137. The topological polar surface area (TPSA) is 77.0 Å². The predicted octanol–water partition coefficient (Wildman–Crippen LogP) is 0.792. The minimum absolute atomic E-state index is 0.0265. The molecule has 1 fully saturated rings. The number of aromatic nitrogens is 1. The molecule has 2 amide bonds. The fourth-order valence-electron chi connectivity index (χ4n) is 2.06. The maximum Gasteiger partial charge on any atom is 0.319 e. The smallest absolute Gasteiger partial charge is 0.319 e. The summed E-state index contributed by atoms with van der Waals surface area (Å²) in [7, 11) is 1.64. The minimum atomic E-state index is -0.891. The van der Waals surface area contributed by atoms with E-state index in [1.807, 2.05) is 5.38 Å². The number of carboxylic acids is 1. The van der Waals surface area contributed by atoms with E-state index < -0.39 is 5.97 Å². The van der Waals surface area contributed by atoms with Gasteiger partial charge in [-0.05, 0) is 0 Å². The van der Waals surface area contributed by atoms with Crippen LogP contribution in [0.3, 0.4) is 0 Å². The summed E-state index contributed by atoms with van der Waals surface area (Å²) >= 11 is 1.59. The van der Waals surface area contributed by atoms with Gasteiger partial charge in [-0.3, -0.25) is 4.79 Å². The number of hydrogen-bond acceptors (Lipinski definition) is 5. The van der Waals surface area contributed by atoms with E-state index in [2.05, 4.69) is 9.88 Å². The van der Waals surface area contributed by atoms with Gasteiger partial charge in [0.05, 0.1) is 6.42 Å². The third-order valence-corrected chi connectivity index (χ3v) is 4.06. The third kappa shape index (κ3) is 3.60. The Morgan fingerprint density at radius 1 is 1.40 bits per heavy atom. The molecule has 0 bridgehead atoms. The lowest BCUT2D eigenvalue weighted by Crippen LogP contribution is -2.52. The van der Waals surface area contributed by atoms with Gasteiger partial charge in [-0.25, -0.2) is 9.78 Å². The van der Waals surface area contributed by atoms with Crippen LogP contribution in [0.4, 0.5) is 9.93 Å². The largest absolute Gasteiger partial charge is 0.481 e. The number of rotatable bonds is 4. The van der Waals surface area contributed by atoms with E-state index in [0.717, 1.165) is 18.2 Å². The first-order valence-corrected chi connectivity index (χ1v) is 7.32. The molecule has 0 atom stereocenters. The zero-order chi connectivity index (χ0) is 14.5. The van der Waals surface area contributed by atoms with Gasteiger partial charge in [0.1, 0.15) is 0 Å². The van der Waals surface area contributed by atoms with Crippen molar-refractivity contribution in [3.63, 3.8) is 0 Å². The van der Waals surface area contributed by atoms with Gasteiger partial charge < -0.3 is 19.8 Å². The van der Waals surface area contributed by atoms with Crippen LogP contribution in [0.5, 0.6) is 0 Å². The molecule has 7 nitrogen and oxygen atoms in total. The van der Waals surface area contributed by atoms with Crippen molar-refractivity contribution in [3.05, 3.63) is 11.6 Å². The SMILES string of the molecule is CN(CCC(=O)O)C(=O)N1CCN(c2nccs2)CC1. The van der Waals surface area contributed by atoms with E-state index in [0.29, 0.717) is 13.1 Å². The molecule has 2 rings (SSSR count). The Morgan fingerprint density at radius 3 is 2.65 bits per heavy atom. The second-order valence-corrected chi connectivity index (χ2v) is 5.51. The molecule has 1 aliphatic rings. The number of amides is 2. The van der Waals surface area contributed by atoms with E-state index in [1.54, 1.807) is 29.5 Å². The monoisotopic (exact) mass is 298 g/mol. The number of aliphatic carboxylic acids is 1. The average molecular weight is 298 g/mol. The molecule has 1 aromatic heterocycles. The summed E-state index contributed by atoms with van der Waals surface area (Å²) in [6.45, 7) is 3.02. The van der Waals surface area contributed by atoms with Crippen LogP contribution in [0, 0.1) is 0 Å². The average Bonchev–Trinajstić information content (AvgIpc) is 2.98. The number of carbonyl (C=O) groups excluding carboxylic acids is 1. The Balaban J connectivity index is 1.81. The van der Waals surface area contributed by atoms with Crippen molar-refractivity contribution in [1.82, 2.24) is 14.8 Å². The number of urea groups is 1. The van der Waals surface area contributed by atoms with E-state index in [4.69, 9.17) is 5.11 Å². The molecule has 1 saturated heterocycles. The summed E-state index contributed by atoms with van der Waals surface area (Å²) < 4.78 is 0. The molecule has 2 heterocycles. The molecule has 0 aromatic carbocycles. The first-order valence-electron chi connectivity index (χ1n) is 6.44. The molecule has 20 heavy (non-hydrogen) atoms. The number of anilines is 1. The van der Waals surface area contributed by atoms with Crippen molar-refractivity contribution >= 4 is 28.5 Å². The van der Waals surface area contributed by atoms with Crippen LogP contribution in [-0.4, -0.2) is 71.7 Å². The maximum absolute atomic E-state index is 12.1. The summed E-state index contributed by atoms with van der Waals surface area (Å²) in [6, 6.07) is -0.106. The molecule has 0 spiro atoms. The van der Waals surface area contributed by atoms with Crippen LogP contribution in [0.15, 0.2) is 11.6 Å². The van der Waals surface area contributed by atoms with Crippen LogP contribution >= 0.6 is 11.3 Å². The van der Waals surface area contributed by atoms with Crippen LogP contribution in [0.25, 0.3) is 0 Å². The molecule has 1 aromatic rings. The number of nitrogens with zero attached hydrogens (tertiary/aromatic N) is 4. The Bertz CT molecular complexity index is 457. The summed E-state index contributed by atoms with van der Waals surface area (Å²) in [5.41, 5.74) is 0. The highest BCUT2D eigenvalue weighted by Crippen LogP contribution is 2.19. The van der Waals surface area contributed by atoms with Crippen LogP contribution in [0.2, 0.25) is 0 Å². The van der Waals surface area contributed by atoms with E-state index in [9.17, 15) is 9.59 Å². The second kappa shape index (κ2) is 6.56. The number of hydrogen-bond donors (Lipinski definition) is 1. The standard InChI is InChI=1S/C12H18N4O3S/c1-14(4-2-10(17)18)12(19)16-7-5-15(6-8-16)11-13-3-9-20-11/h3,9H,2,4-8H2,1H3,(H,17,18). The molecule has 0 radical (unpaired) electrons. The molecule has 110 valence electrons. The molecule has 1 N–H and O–H groups in total. The number of piperazine rings is 1.